The molecule has 8 heteroatoms. The van der Waals surface area contributed by atoms with Gasteiger partial charge in [0.2, 0.25) is 0 Å². The van der Waals surface area contributed by atoms with E-state index in [-0.39, 0.29) is 16.6 Å². The van der Waals surface area contributed by atoms with Crippen molar-refractivity contribution in [2.45, 2.75) is 18.7 Å². The minimum absolute atomic E-state index is 0.0839. The quantitative estimate of drug-likeness (QED) is 0.394. The van der Waals surface area contributed by atoms with Gasteiger partial charge in [0, 0.05) is 0 Å². The number of nitrogens with zero attached hydrogens (tertiary/aromatic N) is 1. The number of aromatic nitrogens is 1. The molecule has 0 saturated carbocycles. The molecule has 1 amide bonds. The van der Waals surface area contributed by atoms with Gasteiger partial charge in [-0.1, -0.05) is 63.2 Å². The summed E-state index contributed by atoms with van der Waals surface area (Å²) in [6, 6.07) is 10.7. The molecule has 28 heavy (non-hydrogen) atoms. The Morgan fingerprint density at radius 3 is 2.39 bits per heavy atom. The minimum atomic E-state index is -0.974. The summed E-state index contributed by atoms with van der Waals surface area (Å²) in [7, 11) is 0. The van der Waals surface area contributed by atoms with Crippen molar-refractivity contribution in [2.75, 3.05) is 5.32 Å². The highest BCUT2D eigenvalue weighted by molar-refractivity contribution is 9.10. The predicted octanol–water partition coefficient (Wildman–Crippen LogP) is 5.62. The molecule has 1 unspecified atom stereocenters. The fourth-order valence-electron chi connectivity index (χ4n) is 2.59. The van der Waals surface area contributed by atoms with Crippen molar-refractivity contribution < 1.29 is 18.4 Å². The van der Waals surface area contributed by atoms with Gasteiger partial charge in [0.25, 0.3) is 5.91 Å². The Morgan fingerprint density at radius 2 is 1.79 bits per heavy atom. The lowest BCUT2D eigenvalue weighted by Gasteiger charge is -2.04. The summed E-state index contributed by atoms with van der Waals surface area (Å²) in [6.07, 6.45) is 0. The summed E-state index contributed by atoms with van der Waals surface area (Å²) in [6.45, 7) is 3.59. The van der Waals surface area contributed by atoms with Crippen LogP contribution < -0.4 is 5.32 Å². The van der Waals surface area contributed by atoms with E-state index >= 15 is 0 Å². The van der Waals surface area contributed by atoms with Gasteiger partial charge in [-0.15, -0.1) is 0 Å². The van der Waals surface area contributed by atoms with Crippen LogP contribution in [0.5, 0.6) is 0 Å². The van der Waals surface area contributed by atoms with Crippen LogP contribution in [-0.2, 0) is 0 Å². The van der Waals surface area contributed by atoms with Gasteiger partial charge in [0.1, 0.15) is 22.9 Å². The molecule has 2 aromatic carbocycles. The van der Waals surface area contributed by atoms with Crippen molar-refractivity contribution in [3.8, 4) is 10.4 Å². The van der Waals surface area contributed by atoms with E-state index in [9.17, 15) is 18.4 Å². The monoisotopic (exact) mass is 464 g/mol. The Hall–Kier alpha value is -2.45. The standard InChI is InChI=1S/C20H15BrF2N2O2S/c1-10-5-3-6-12(9-10)18-16(17(26)11(2)21)24-20(28-18)25-19(27)15-13(22)7-4-8-14(15)23/h3-9,11H,1-2H3,(H,24,25,27). The fourth-order valence-corrected chi connectivity index (χ4v) is 3.76. The van der Waals surface area contributed by atoms with Gasteiger partial charge < -0.3 is 0 Å². The number of hydrogen-bond donors (Lipinski definition) is 1. The van der Waals surface area contributed by atoms with Crippen LogP contribution in [0.2, 0.25) is 0 Å². The molecule has 1 heterocycles. The Kier molecular flexibility index (Phi) is 6.00. The molecule has 0 saturated heterocycles. The average molecular weight is 465 g/mol. The molecule has 1 N–H and O–H groups in total. The third-order valence-corrected chi connectivity index (χ3v) is 5.35. The van der Waals surface area contributed by atoms with E-state index in [4.69, 9.17) is 0 Å². The summed E-state index contributed by atoms with van der Waals surface area (Å²) in [5.41, 5.74) is 1.25. The zero-order chi connectivity index (χ0) is 20.4. The smallest absolute Gasteiger partial charge is 0.263 e. The van der Waals surface area contributed by atoms with Gasteiger partial charge in [0.05, 0.1) is 9.70 Å². The maximum Gasteiger partial charge on any atom is 0.263 e. The number of nitrogens with one attached hydrogen (secondary N) is 1. The second-order valence-corrected chi connectivity index (χ2v) is 8.47. The molecule has 3 rings (SSSR count). The second kappa shape index (κ2) is 8.28. The SMILES string of the molecule is Cc1cccc(-c2sc(NC(=O)c3c(F)cccc3F)nc2C(=O)C(C)Br)c1. The first-order chi connectivity index (χ1) is 13.3. The number of carbonyl (C=O) groups is 2. The average Bonchev–Trinajstić information content (AvgIpc) is 3.04. The molecular formula is C20H15BrF2N2O2S. The molecule has 144 valence electrons. The van der Waals surface area contributed by atoms with Crippen molar-refractivity contribution in [1.29, 1.82) is 0 Å². The number of Topliss-reactive ketones (excluding diaryl/α,β-unsaturated/α-hetero) is 1. The van der Waals surface area contributed by atoms with E-state index in [1.807, 2.05) is 31.2 Å². The van der Waals surface area contributed by atoms with Crippen LogP contribution in [0.1, 0.15) is 33.3 Å². The summed E-state index contributed by atoms with van der Waals surface area (Å²) < 4.78 is 27.7. The number of alkyl halides is 1. The van der Waals surface area contributed by atoms with E-state index in [1.165, 1.54) is 6.07 Å². The number of anilines is 1. The number of thiazole rings is 1. The predicted molar refractivity (Wildman–Crippen MR) is 109 cm³/mol. The van der Waals surface area contributed by atoms with Crippen LogP contribution in [0, 0.1) is 18.6 Å². The maximum atomic E-state index is 13.9. The van der Waals surface area contributed by atoms with Crippen LogP contribution in [0.3, 0.4) is 0 Å². The van der Waals surface area contributed by atoms with E-state index < -0.39 is 27.9 Å². The van der Waals surface area contributed by atoms with E-state index in [2.05, 4.69) is 26.2 Å². The number of halogens is 3. The van der Waals surface area contributed by atoms with Crippen LogP contribution in [0.25, 0.3) is 10.4 Å². The van der Waals surface area contributed by atoms with E-state index in [0.29, 0.717) is 4.88 Å². The van der Waals surface area contributed by atoms with Crippen molar-refractivity contribution >= 4 is 44.1 Å². The molecule has 1 aromatic heterocycles. The first-order valence-corrected chi connectivity index (χ1v) is 10.0. The van der Waals surface area contributed by atoms with Gasteiger partial charge in [-0.25, -0.2) is 13.8 Å². The van der Waals surface area contributed by atoms with Crippen molar-refractivity contribution in [2.24, 2.45) is 0 Å². The number of aryl methyl sites for hydroxylation is 1. The fraction of sp³-hybridized carbons (Fsp3) is 0.150. The van der Waals surface area contributed by atoms with Gasteiger partial charge in [0.15, 0.2) is 10.9 Å². The van der Waals surface area contributed by atoms with Crippen LogP contribution >= 0.6 is 27.3 Å². The topological polar surface area (TPSA) is 59.1 Å². The van der Waals surface area contributed by atoms with Crippen molar-refractivity contribution in [3.05, 3.63) is 70.9 Å². The van der Waals surface area contributed by atoms with Crippen LogP contribution in [0.15, 0.2) is 42.5 Å². The molecule has 0 bridgehead atoms. The molecule has 0 radical (unpaired) electrons. The minimum Gasteiger partial charge on any atom is -0.298 e. The van der Waals surface area contributed by atoms with Crippen LogP contribution in [-0.4, -0.2) is 21.5 Å². The molecule has 0 fully saturated rings. The summed E-state index contributed by atoms with van der Waals surface area (Å²) in [5.74, 6) is -3.17. The highest BCUT2D eigenvalue weighted by Gasteiger charge is 2.25. The summed E-state index contributed by atoms with van der Waals surface area (Å²) in [4.78, 5) is 29.2. The highest BCUT2D eigenvalue weighted by atomic mass is 79.9. The summed E-state index contributed by atoms with van der Waals surface area (Å²) >= 11 is 4.31. The molecule has 0 spiro atoms. The Balaban J connectivity index is 2.02. The molecule has 0 aliphatic carbocycles. The number of carbonyl (C=O) groups excluding carboxylic acids is 2. The normalized spacial score (nSPS) is 11.9. The highest BCUT2D eigenvalue weighted by Crippen LogP contribution is 2.35. The molecule has 3 aromatic rings. The first-order valence-electron chi connectivity index (χ1n) is 8.29. The van der Waals surface area contributed by atoms with Crippen molar-refractivity contribution in [1.82, 2.24) is 4.98 Å². The van der Waals surface area contributed by atoms with E-state index in [0.717, 1.165) is 34.6 Å². The third-order valence-electron chi connectivity index (χ3n) is 3.91. The first kappa shape index (κ1) is 20.3. The number of ketones is 1. The zero-order valence-corrected chi connectivity index (χ0v) is 17.3. The lowest BCUT2D eigenvalue weighted by Crippen LogP contribution is -2.16. The maximum absolute atomic E-state index is 13.9. The van der Waals surface area contributed by atoms with E-state index in [1.54, 1.807) is 6.92 Å². The number of rotatable bonds is 5. The zero-order valence-electron chi connectivity index (χ0n) is 14.9. The van der Waals surface area contributed by atoms with Crippen molar-refractivity contribution in [3.63, 3.8) is 0 Å². The Bertz CT molecular complexity index is 1050. The van der Waals surface area contributed by atoms with Gasteiger partial charge in [-0.3, -0.25) is 14.9 Å². The van der Waals surface area contributed by atoms with Gasteiger partial charge >= 0.3 is 0 Å². The lowest BCUT2D eigenvalue weighted by atomic mass is 10.1. The van der Waals surface area contributed by atoms with Gasteiger partial charge in [-0.2, -0.15) is 0 Å². The number of amides is 1. The third kappa shape index (κ3) is 4.18. The lowest BCUT2D eigenvalue weighted by molar-refractivity contribution is 0.0987. The molecule has 4 nitrogen and oxygen atoms in total. The molecular weight excluding hydrogens is 450 g/mol. The van der Waals surface area contributed by atoms with Gasteiger partial charge in [-0.05, 0) is 31.5 Å². The van der Waals surface area contributed by atoms with Crippen LogP contribution in [0.4, 0.5) is 13.9 Å². The molecule has 1 atom stereocenters. The summed E-state index contributed by atoms with van der Waals surface area (Å²) in [5, 5.41) is 2.48. The molecule has 0 aliphatic rings. The second-order valence-electron chi connectivity index (χ2n) is 6.10. The largest absolute Gasteiger partial charge is 0.298 e. The number of benzene rings is 2. The number of hydrogen-bond acceptors (Lipinski definition) is 4. The Labute approximate surface area is 172 Å². The Morgan fingerprint density at radius 1 is 1.14 bits per heavy atom. The molecule has 0 aliphatic heterocycles.